The molecule has 0 atom stereocenters. The molecule has 2 aromatic heterocycles. The number of anilines is 2. The summed E-state index contributed by atoms with van der Waals surface area (Å²) in [5.41, 5.74) is 2.00. The smallest absolute Gasteiger partial charge is 0.239 e. The average Bonchev–Trinajstić information content (AvgIpc) is 3.52. The molecule has 1 saturated carbocycles. The number of carbonyl (C=O) groups is 1. The number of likely N-dealkylation sites (N-methyl/N-ethyl adjacent to an activating group) is 1. The molecule has 3 aromatic rings. The molecule has 9 heteroatoms. The molecule has 8 nitrogen and oxygen atoms in total. The first-order chi connectivity index (χ1) is 16.0. The van der Waals surface area contributed by atoms with Crippen molar-refractivity contribution in [1.29, 1.82) is 0 Å². The van der Waals surface area contributed by atoms with Crippen LogP contribution in [0.1, 0.15) is 46.0 Å². The van der Waals surface area contributed by atoms with Crippen LogP contribution in [0.2, 0.25) is 0 Å². The van der Waals surface area contributed by atoms with E-state index in [4.69, 9.17) is 14.8 Å². The monoisotopic (exact) mass is 470 g/mol. The van der Waals surface area contributed by atoms with Crippen LogP contribution in [0.15, 0.2) is 30.3 Å². The van der Waals surface area contributed by atoms with Crippen LogP contribution >= 0.6 is 11.3 Å². The van der Waals surface area contributed by atoms with Crippen molar-refractivity contribution >= 4 is 33.2 Å². The molecule has 178 valence electrons. The Morgan fingerprint density at radius 3 is 2.76 bits per heavy atom. The van der Waals surface area contributed by atoms with E-state index >= 15 is 0 Å². The maximum atomic E-state index is 12.4. The van der Waals surface area contributed by atoms with Gasteiger partial charge in [-0.3, -0.25) is 4.79 Å². The van der Waals surface area contributed by atoms with Gasteiger partial charge >= 0.3 is 0 Å². The number of imidazole rings is 1. The number of benzene rings is 1. The van der Waals surface area contributed by atoms with Gasteiger partial charge in [-0.15, -0.1) is 5.10 Å². The van der Waals surface area contributed by atoms with Crippen molar-refractivity contribution in [2.75, 3.05) is 37.0 Å². The van der Waals surface area contributed by atoms with Gasteiger partial charge in [0.25, 0.3) is 0 Å². The van der Waals surface area contributed by atoms with Crippen LogP contribution in [0.5, 0.6) is 0 Å². The normalized spacial score (nSPS) is 14.3. The van der Waals surface area contributed by atoms with Gasteiger partial charge in [0.1, 0.15) is 5.69 Å². The van der Waals surface area contributed by atoms with Crippen molar-refractivity contribution in [3.05, 3.63) is 30.3 Å². The van der Waals surface area contributed by atoms with Gasteiger partial charge < -0.3 is 20.3 Å². The van der Waals surface area contributed by atoms with Crippen molar-refractivity contribution in [2.24, 2.45) is 0 Å². The maximum Gasteiger partial charge on any atom is 0.239 e. The van der Waals surface area contributed by atoms with Gasteiger partial charge in [0.05, 0.1) is 12.6 Å². The lowest BCUT2D eigenvalue weighted by Crippen LogP contribution is -2.36. The lowest BCUT2D eigenvalue weighted by molar-refractivity contribution is -0.119. The quantitative estimate of drug-likeness (QED) is 0.409. The Kier molecular flexibility index (Phi) is 7.82. The number of rotatable bonds is 11. The molecule has 2 heterocycles. The molecule has 0 aliphatic heterocycles. The number of nitrogens with one attached hydrogen (secondary N) is 2. The summed E-state index contributed by atoms with van der Waals surface area (Å²) in [6, 6.07) is 10.7. The Bertz CT molecular complexity index is 1040. The van der Waals surface area contributed by atoms with Gasteiger partial charge in [-0.25, -0.2) is 4.98 Å². The number of ether oxygens (including phenoxy) is 1. The van der Waals surface area contributed by atoms with E-state index in [0.717, 1.165) is 33.6 Å². The second-order valence-corrected chi connectivity index (χ2v) is 9.79. The summed E-state index contributed by atoms with van der Waals surface area (Å²) in [7, 11) is 1.89. The highest BCUT2D eigenvalue weighted by Crippen LogP contribution is 2.34. The zero-order valence-corrected chi connectivity index (χ0v) is 20.5. The Hall–Kier alpha value is -2.65. The van der Waals surface area contributed by atoms with E-state index in [-0.39, 0.29) is 18.6 Å². The Balaban J connectivity index is 1.45. The van der Waals surface area contributed by atoms with Crippen molar-refractivity contribution in [1.82, 2.24) is 19.9 Å². The summed E-state index contributed by atoms with van der Waals surface area (Å²) in [6.45, 7) is 5.53. The molecule has 1 aliphatic carbocycles. The molecule has 0 saturated heterocycles. The summed E-state index contributed by atoms with van der Waals surface area (Å²) in [5.74, 6) is 0.915. The van der Waals surface area contributed by atoms with Crippen LogP contribution in [0.4, 0.5) is 10.9 Å². The predicted molar refractivity (Wildman–Crippen MR) is 134 cm³/mol. The fourth-order valence-electron chi connectivity index (χ4n) is 4.04. The number of aromatic nitrogens is 3. The van der Waals surface area contributed by atoms with Gasteiger partial charge in [-0.2, -0.15) is 4.52 Å². The highest BCUT2D eigenvalue weighted by Gasteiger charge is 2.23. The molecule has 0 spiro atoms. The van der Waals surface area contributed by atoms with Crippen LogP contribution in [0.25, 0.3) is 16.2 Å². The second kappa shape index (κ2) is 11.0. The number of hydrogen-bond donors (Lipinski definition) is 2. The van der Waals surface area contributed by atoms with E-state index < -0.39 is 0 Å². The number of fused-ring (bicyclic) bond motifs is 1. The maximum absolute atomic E-state index is 12.4. The first-order valence-corrected chi connectivity index (χ1v) is 12.6. The van der Waals surface area contributed by atoms with E-state index in [9.17, 15) is 4.79 Å². The molecule has 1 aromatic carbocycles. The van der Waals surface area contributed by atoms with Gasteiger partial charge in [0.2, 0.25) is 16.0 Å². The minimum atomic E-state index is -0.0239. The lowest BCUT2D eigenvalue weighted by atomic mass is 10.1. The molecule has 4 rings (SSSR count). The van der Waals surface area contributed by atoms with E-state index in [1.807, 2.05) is 48.5 Å². The molecule has 33 heavy (non-hydrogen) atoms. The molecule has 1 fully saturated rings. The van der Waals surface area contributed by atoms with Crippen LogP contribution in [0, 0.1) is 0 Å². The number of hydrogen-bond acceptors (Lipinski definition) is 7. The largest absolute Gasteiger partial charge is 0.379 e. The zero-order valence-electron chi connectivity index (χ0n) is 19.7. The summed E-state index contributed by atoms with van der Waals surface area (Å²) < 4.78 is 7.41. The Labute approximate surface area is 199 Å². The molecular formula is C24H34N6O2S. The third-order valence-corrected chi connectivity index (χ3v) is 6.76. The molecule has 0 bridgehead atoms. The van der Waals surface area contributed by atoms with E-state index in [2.05, 4.69) is 22.8 Å². The second-order valence-electron chi connectivity index (χ2n) is 8.86. The van der Waals surface area contributed by atoms with Crippen molar-refractivity contribution in [2.45, 2.75) is 58.1 Å². The molecule has 1 aliphatic rings. The van der Waals surface area contributed by atoms with E-state index in [1.165, 1.54) is 37.0 Å². The van der Waals surface area contributed by atoms with Crippen LogP contribution in [-0.4, -0.2) is 59.4 Å². The highest BCUT2D eigenvalue weighted by atomic mass is 32.1. The number of amides is 1. The standard InChI is InChI=1S/C24H34N6O2S/c1-17(2)32-15-9-14-25-20(31)16-29(3)24-28-30-22(26-19-12-7-8-13-19)21(27-23(30)33-24)18-10-5-4-6-11-18/h4-6,10-11,17,19,26H,7-9,12-16H2,1-3H3,(H,25,31). The van der Waals surface area contributed by atoms with Crippen LogP contribution in [0.3, 0.4) is 0 Å². The molecule has 2 N–H and O–H groups in total. The predicted octanol–water partition coefficient (Wildman–Crippen LogP) is 4.18. The molecule has 0 radical (unpaired) electrons. The molecular weight excluding hydrogens is 436 g/mol. The fourth-order valence-corrected chi connectivity index (χ4v) is 4.90. The minimum absolute atomic E-state index is 0.0239. The number of carbonyl (C=O) groups excluding carboxylic acids is 1. The van der Waals surface area contributed by atoms with Gasteiger partial charge in [0.15, 0.2) is 5.82 Å². The average molecular weight is 471 g/mol. The van der Waals surface area contributed by atoms with Crippen LogP contribution < -0.4 is 15.5 Å². The summed E-state index contributed by atoms with van der Waals surface area (Å²) >= 11 is 1.50. The summed E-state index contributed by atoms with van der Waals surface area (Å²) in [6.07, 6.45) is 5.86. The minimum Gasteiger partial charge on any atom is -0.379 e. The van der Waals surface area contributed by atoms with Crippen molar-refractivity contribution in [3.63, 3.8) is 0 Å². The van der Waals surface area contributed by atoms with E-state index in [0.29, 0.717) is 19.2 Å². The van der Waals surface area contributed by atoms with Crippen molar-refractivity contribution < 1.29 is 9.53 Å². The molecule has 0 unspecified atom stereocenters. The third kappa shape index (κ3) is 6.03. The Morgan fingerprint density at radius 2 is 2.03 bits per heavy atom. The van der Waals surface area contributed by atoms with Gasteiger partial charge in [-0.1, -0.05) is 54.5 Å². The first kappa shape index (κ1) is 23.5. The highest BCUT2D eigenvalue weighted by molar-refractivity contribution is 7.20. The molecule has 1 amide bonds. The first-order valence-electron chi connectivity index (χ1n) is 11.8. The SMILES string of the molecule is CC(C)OCCCNC(=O)CN(C)c1nn2c(NC3CCCC3)c(-c3ccccc3)nc2s1. The lowest BCUT2D eigenvalue weighted by Gasteiger charge is -2.16. The topological polar surface area (TPSA) is 83.8 Å². The van der Waals surface area contributed by atoms with Gasteiger partial charge in [-0.05, 0) is 33.1 Å². The summed E-state index contributed by atoms with van der Waals surface area (Å²) in [5, 5.41) is 12.3. The van der Waals surface area contributed by atoms with E-state index in [1.54, 1.807) is 0 Å². The fraction of sp³-hybridized carbons (Fsp3) is 0.542. The summed E-state index contributed by atoms with van der Waals surface area (Å²) in [4.78, 5) is 20.0. The third-order valence-electron chi connectivity index (χ3n) is 5.74. The number of nitrogens with zero attached hydrogens (tertiary/aromatic N) is 4. The zero-order chi connectivity index (χ0) is 23.2. The Morgan fingerprint density at radius 1 is 1.27 bits per heavy atom. The van der Waals surface area contributed by atoms with Crippen molar-refractivity contribution in [3.8, 4) is 11.3 Å². The van der Waals surface area contributed by atoms with Crippen LogP contribution in [-0.2, 0) is 9.53 Å². The van der Waals surface area contributed by atoms with Gasteiger partial charge in [0, 0.05) is 31.8 Å².